The lowest BCUT2D eigenvalue weighted by atomic mass is 9.98. The van der Waals surface area contributed by atoms with Gasteiger partial charge in [-0.2, -0.15) is 0 Å². The zero-order chi connectivity index (χ0) is 48.0. The van der Waals surface area contributed by atoms with Gasteiger partial charge in [-0.3, -0.25) is 4.79 Å². The van der Waals surface area contributed by atoms with Crippen LogP contribution < -0.4 is 0 Å². The molecule has 0 spiro atoms. The lowest BCUT2D eigenvalue weighted by Gasteiger charge is -2.42. The molecule has 390 valence electrons. The number of hydrogen-bond donors (Lipinski definition) is 7. The van der Waals surface area contributed by atoms with Crippen LogP contribution in [0.25, 0.3) is 0 Å². The minimum Gasteiger partial charge on any atom is -0.457 e. The first-order valence-electron chi connectivity index (χ1n) is 26.8. The van der Waals surface area contributed by atoms with Crippen LogP contribution in [-0.2, 0) is 33.2 Å². The number of hydrogen-bond acceptors (Lipinski definition) is 14. The topological polar surface area (TPSA) is 214 Å². The van der Waals surface area contributed by atoms with Crippen molar-refractivity contribution in [3.8, 4) is 0 Å². The molecule has 0 aromatic carbocycles. The molecule has 2 rings (SSSR count). The second-order valence-corrected chi connectivity index (χ2v) is 19.1. The van der Waals surface area contributed by atoms with Gasteiger partial charge in [-0.1, -0.05) is 180 Å². The van der Waals surface area contributed by atoms with Crippen molar-refractivity contribution >= 4 is 5.97 Å². The Labute approximate surface area is 399 Å². The lowest BCUT2D eigenvalue weighted by Crippen LogP contribution is -2.61. The molecule has 2 fully saturated rings. The predicted octanol–water partition coefficient (Wildman–Crippen LogP) is 8.24. The lowest BCUT2D eigenvalue weighted by molar-refractivity contribution is -0.332. The van der Waals surface area contributed by atoms with E-state index < -0.39 is 80.7 Å². The van der Waals surface area contributed by atoms with Gasteiger partial charge in [0.15, 0.2) is 12.6 Å². The largest absolute Gasteiger partial charge is 0.457 e. The molecule has 0 radical (unpaired) electrons. The first-order valence-corrected chi connectivity index (χ1v) is 26.8. The van der Waals surface area contributed by atoms with E-state index in [1.807, 2.05) is 0 Å². The summed E-state index contributed by atoms with van der Waals surface area (Å²) in [6.45, 7) is 3.71. The fourth-order valence-corrected chi connectivity index (χ4v) is 8.63. The summed E-state index contributed by atoms with van der Waals surface area (Å²) in [4.78, 5) is 13.0. The molecule has 0 aromatic heterocycles. The summed E-state index contributed by atoms with van der Waals surface area (Å²) in [6.07, 6.45) is 25.6. The third-order valence-electron chi connectivity index (χ3n) is 13.0. The molecule has 0 saturated carbocycles. The summed E-state index contributed by atoms with van der Waals surface area (Å²) in [5.41, 5.74) is 0. The Morgan fingerprint density at radius 3 is 1.38 bits per heavy atom. The van der Waals surface area contributed by atoms with Crippen molar-refractivity contribution < 1.29 is 69.0 Å². The van der Waals surface area contributed by atoms with Gasteiger partial charge in [0.2, 0.25) is 0 Å². The molecule has 11 atom stereocenters. The van der Waals surface area contributed by atoms with Crippen molar-refractivity contribution in [3.63, 3.8) is 0 Å². The standard InChI is InChI=1S/C52H98O14/c1-3-5-7-9-11-13-15-17-18-19-20-21-22-24-26-28-30-32-34-36-61-38-41(64-44(54)35-33-31-29-27-25-23-16-14-12-10-8-6-4-2)39-62-51-50(60)48(58)46(56)43(66-51)40-63-52-49(59)47(57)45(55)42(37-53)65-52/h18-19,41-43,45-53,55-60H,3-17,20-40H2,1-2H3/b19-18-. The molecule has 0 aromatic rings. The second-order valence-electron chi connectivity index (χ2n) is 19.1. The van der Waals surface area contributed by atoms with Gasteiger partial charge in [-0.05, 0) is 38.5 Å². The molecule has 14 nitrogen and oxygen atoms in total. The summed E-state index contributed by atoms with van der Waals surface area (Å²) in [6, 6.07) is 0. The number of esters is 1. The summed E-state index contributed by atoms with van der Waals surface area (Å²) >= 11 is 0. The summed E-state index contributed by atoms with van der Waals surface area (Å²) in [7, 11) is 0. The molecule has 2 aliphatic rings. The van der Waals surface area contributed by atoms with Crippen LogP contribution in [0.2, 0.25) is 0 Å². The number of carbonyl (C=O) groups excluding carboxylic acids is 1. The van der Waals surface area contributed by atoms with E-state index in [1.165, 1.54) is 148 Å². The minimum absolute atomic E-state index is 0.0650. The normalized spacial score (nSPS) is 26.3. The number of aliphatic hydroxyl groups excluding tert-OH is 7. The van der Waals surface area contributed by atoms with E-state index in [2.05, 4.69) is 26.0 Å². The summed E-state index contributed by atoms with van der Waals surface area (Å²) < 4.78 is 34.3. The predicted molar refractivity (Wildman–Crippen MR) is 257 cm³/mol. The van der Waals surface area contributed by atoms with E-state index in [4.69, 9.17) is 28.4 Å². The second kappa shape index (κ2) is 40.5. The number of allylic oxidation sites excluding steroid dienone is 2. The Morgan fingerprint density at radius 1 is 0.485 bits per heavy atom. The maximum absolute atomic E-state index is 13.0. The molecule has 2 heterocycles. The number of aliphatic hydroxyl groups is 7. The average Bonchev–Trinajstić information content (AvgIpc) is 3.31. The van der Waals surface area contributed by atoms with E-state index in [0.29, 0.717) is 13.0 Å². The van der Waals surface area contributed by atoms with Gasteiger partial charge in [0.1, 0.15) is 54.9 Å². The summed E-state index contributed by atoms with van der Waals surface area (Å²) in [5, 5.41) is 72.1. The Hall–Kier alpha value is -1.27. The van der Waals surface area contributed by atoms with Crippen LogP contribution in [0.4, 0.5) is 0 Å². The Bertz CT molecular complexity index is 1140. The highest BCUT2D eigenvalue weighted by atomic mass is 16.7. The highest BCUT2D eigenvalue weighted by molar-refractivity contribution is 5.69. The van der Waals surface area contributed by atoms with E-state index in [1.54, 1.807) is 0 Å². The van der Waals surface area contributed by atoms with E-state index >= 15 is 0 Å². The van der Waals surface area contributed by atoms with Crippen molar-refractivity contribution in [2.75, 3.05) is 33.0 Å². The van der Waals surface area contributed by atoms with E-state index in [-0.39, 0.29) is 25.6 Å². The monoisotopic (exact) mass is 947 g/mol. The highest BCUT2D eigenvalue weighted by Crippen LogP contribution is 2.26. The molecule has 2 aliphatic heterocycles. The smallest absolute Gasteiger partial charge is 0.306 e. The van der Waals surface area contributed by atoms with E-state index in [0.717, 1.165) is 38.5 Å². The highest BCUT2D eigenvalue weighted by Gasteiger charge is 2.47. The van der Waals surface area contributed by atoms with Gasteiger partial charge >= 0.3 is 5.97 Å². The molecule has 0 amide bonds. The molecule has 7 N–H and O–H groups in total. The van der Waals surface area contributed by atoms with Crippen LogP contribution in [0.15, 0.2) is 12.2 Å². The van der Waals surface area contributed by atoms with Crippen LogP contribution in [0.3, 0.4) is 0 Å². The Balaban J connectivity index is 1.74. The van der Waals surface area contributed by atoms with Gasteiger partial charge in [-0.15, -0.1) is 0 Å². The number of ether oxygens (including phenoxy) is 6. The van der Waals surface area contributed by atoms with Gasteiger partial charge in [0.05, 0.1) is 26.4 Å². The zero-order valence-electron chi connectivity index (χ0n) is 41.4. The molecule has 0 bridgehead atoms. The minimum atomic E-state index is -1.70. The third kappa shape index (κ3) is 27.8. The van der Waals surface area contributed by atoms with Crippen LogP contribution >= 0.6 is 0 Å². The quantitative estimate of drug-likeness (QED) is 0.0174. The summed E-state index contributed by atoms with van der Waals surface area (Å²) in [5.74, 6) is -0.374. The molecule has 0 aliphatic carbocycles. The number of unbranched alkanes of at least 4 members (excludes halogenated alkanes) is 27. The molecular weight excluding hydrogens is 849 g/mol. The zero-order valence-corrected chi connectivity index (χ0v) is 41.4. The average molecular weight is 947 g/mol. The first kappa shape index (κ1) is 60.9. The maximum Gasteiger partial charge on any atom is 0.306 e. The molecule has 2 saturated heterocycles. The molecule has 11 unspecified atom stereocenters. The van der Waals surface area contributed by atoms with Gasteiger partial charge in [0.25, 0.3) is 0 Å². The number of rotatable bonds is 43. The van der Waals surface area contributed by atoms with Crippen LogP contribution in [0.5, 0.6) is 0 Å². The SMILES string of the molecule is CCCCCCCCC/C=C\CCCCCCCCCCOCC(COC1OC(COC2OC(CO)C(O)C(O)C2O)C(O)C(O)C1O)OC(=O)CCCCCCCCCCCCCCC. The molecular formula is C52H98O14. The number of carbonyl (C=O) groups is 1. The van der Waals surface area contributed by atoms with Gasteiger partial charge in [-0.25, -0.2) is 0 Å². The Kier molecular flexibility index (Phi) is 37.3. The van der Waals surface area contributed by atoms with Crippen molar-refractivity contribution in [2.24, 2.45) is 0 Å². The van der Waals surface area contributed by atoms with Crippen LogP contribution in [-0.4, -0.2) is 142 Å². The first-order chi connectivity index (χ1) is 32.1. The maximum atomic E-state index is 13.0. The fourth-order valence-electron chi connectivity index (χ4n) is 8.63. The van der Waals surface area contributed by atoms with E-state index in [9.17, 15) is 40.5 Å². The van der Waals surface area contributed by atoms with Crippen LogP contribution in [0.1, 0.15) is 213 Å². The van der Waals surface area contributed by atoms with Crippen molar-refractivity contribution in [2.45, 2.75) is 280 Å². The third-order valence-corrected chi connectivity index (χ3v) is 13.0. The van der Waals surface area contributed by atoms with Gasteiger partial charge in [0, 0.05) is 13.0 Å². The fraction of sp³-hybridized carbons (Fsp3) is 0.942. The molecule has 14 heteroatoms. The van der Waals surface area contributed by atoms with Crippen molar-refractivity contribution in [3.05, 3.63) is 12.2 Å². The Morgan fingerprint density at radius 2 is 0.894 bits per heavy atom. The van der Waals surface area contributed by atoms with Crippen molar-refractivity contribution in [1.82, 2.24) is 0 Å². The van der Waals surface area contributed by atoms with Gasteiger partial charge < -0.3 is 64.2 Å². The van der Waals surface area contributed by atoms with Crippen molar-refractivity contribution in [1.29, 1.82) is 0 Å². The van der Waals surface area contributed by atoms with Crippen LogP contribution in [0, 0.1) is 0 Å². The molecule has 66 heavy (non-hydrogen) atoms.